The van der Waals surface area contributed by atoms with Crippen LogP contribution in [0.3, 0.4) is 0 Å². The van der Waals surface area contributed by atoms with Crippen molar-refractivity contribution in [1.29, 1.82) is 0 Å². The normalized spacial score (nSPS) is 14.0. The van der Waals surface area contributed by atoms with Gasteiger partial charge < -0.3 is 19.9 Å². The van der Waals surface area contributed by atoms with Crippen LogP contribution in [0.15, 0.2) is 53.8 Å². The van der Waals surface area contributed by atoms with Crippen LogP contribution in [0.5, 0.6) is 0 Å². The van der Waals surface area contributed by atoms with Gasteiger partial charge in [-0.05, 0) is 60.7 Å². The van der Waals surface area contributed by atoms with Crippen LogP contribution in [0.2, 0.25) is 0 Å². The monoisotopic (exact) mass is 439 g/mol. The molecule has 160 valence electrons. The van der Waals surface area contributed by atoms with Gasteiger partial charge in [0.2, 0.25) is 0 Å². The summed E-state index contributed by atoms with van der Waals surface area (Å²) in [6.45, 7) is 3.70. The molecule has 0 aliphatic carbocycles. The van der Waals surface area contributed by atoms with E-state index in [0.29, 0.717) is 0 Å². The van der Waals surface area contributed by atoms with E-state index in [2.05, 4.69) is 33.3 Å². The van der Waals surface area contributed by atoms with Crippen molar-refractivity contribution in [2.75, 3.05) is 6.61 Å². The number of nitrogens with one attached hydrogen (secondary N) is 1. The highest BCUT2D eigenvalue weighted by molar-refractivity contribution is 7.46. The maximum Gasteiger partial charge on any atom is 0.469 e. The van der Waals surface area contributed by atoms with E-state index in [0.717, 1.165) is 38.4 Å². The minimum absolute atomic E-state index is 0.503. The first kappa shape index (κ1) is 21.4. The Balaban J connectivity index is 1.65. The Hall–Kier alpha value is -2.87. The second-order valence-corrected chi connectivity index (χ2v) is 8.53. The molecule has 0 radical (unpaired) electrons. The van der Waals surface area contributed by atoms with Crippen molar-refractivity contribution in [2.24, 2.45) is 4.99 Å². The fourth-order valence-electron chi connectivity index (χ4n) is 3.76. The number of pyridine rings is 1. The lowest BCUT2D eigenvalue weighted by atomic mass is 9.97. The molecule has 2 aromatic heterocycles. The van der Waals surface area contributed by atoms with Gasteiger partial charge in [-0.2, -0.15) is 0 Å². The maximum absolute atomic E-state index is 10.7. The number of hydrogen-bond acceptors (Lipinski definition) is 5. The lowest BCUT2D eigenvalue weighted by Crippen LogP contribution is -2.10. The number of H-pyrrole nitrogens is 1. The van der Waals surface area contributed by atoms with E-state index in [9.17, 15) is 9.67 Å². The van der Waals surface area contributed by atoms with Crippen molar-refractivity contribution in [3.8, 4) is 0 Å². The fraction of sp³-hybridized carbons (Fsp3) is 0.182. The van der Waals surface area contributed by atoms with E-state index in [-0.39, 0.29) is 0 Å². The van der Waals surface area contributed by atoms with Crippen LogP contribution in [-0.2, 0) is 9.09 Å². The quantitative estimate of drug-likeness (QED) is 0.263. The lowest BCUT2D eigenvalue weighted by molar-refractivity contribution is 0.113. The molecule has 2 heterocycles. The largest absolute Gasteiger partial charge is 0.469 e. The van der Waals surface area contributed by atoms with Gasteiger partial charge in [-0.1, -0.05) is 6.08 Å². The summed E-state index contributed by atoms with van der Waals surface area (Å²) in [7, 11) is -4.60. The van der Waals surface area contributed by atoms with Crippen LogP contribution in [0.4, 0.5) is 5.69 Å². The fourth-order valence-corrected chi connectivity index (χ4v) is 4.10. The van der Waals surface area contributed by atoms with Crippen LogP contribution in [0, 0.1) is 13.8 Å². The number of hydrogen-bond donors (Lipinski definition) is 4. The number of phosphoric ester groups is 1. The lowest BCUT2D eigenvalue weighted by Gasteiger charge is -2.08. The second kappa shape index (κ2) is 8.34. The van der Waals surface area contributed by atoms with E-state index in [1.807, 2.05) is 30.5 Å². The number of aromatic amines is 1. The van der Waals surface area contributed by atoms with Crippen LogP contribution in [0.25, 0.3) is 32.6 Å². The van der Waals surface area contributed by atoms with E-state index in [1.165, 1.54) is 29.3 Å². The SMILES string of the molecule is Cc1c2ccncc2c(C)c2c1[nH]c1ccc(N=C/C=C\C(O)COP(=O)(O)O)cc12. The van der Waals surface area contributed by atoms with Crippen molar-refractivity contribution in [3.05, 3.63) is 59.9 Å². The number of phosphoric acid groups is 1. The zero-order valence-electron chi connectivity index (χ0n) is 17.0. The predicted molar refractivity (Wildman–Crippen MR) is 122 cm³/mol. The summed E-state index contributed by atoms with van der Waals surface area (Å²) in [6, 6.07) is 7.90. The van der Waals surface area contributed by atoms with Crippen LogP contribution < -0.4 is 0 Å². The molecular formula is C22H22N3O5P. The Morgan fingerprint density at radius 3 is 2.77 bits per heavy atom. The molecule has 4 rings (SSSR count). The minimum Gasteiger partial charge on any atom is -0.387 e. The van der Waals surface area contributed by atoms with Gasteiger partial charge in [0.25, 0.3) is 0 Å². The highest BCUT2D eigenvalue weighted by atomic mass is 31.2. The molecule has 0 bridgehead atoms. The van der Waals surface area contributed by atoms with Crippen molar-refractivity contribution >= 4 is 52.3 Å². The zero-order chi connectivity index (χ0) is 22.2. The smallest absolute Gasteiger partial charge is 0.387 e. The highest BCUT2D eigenvalue weighted by Crippen LogP contribution is 2.37. The molecule has 1 unspecified atom stereocenters. The van der Waals surface area contributed by atoms with Crippen molar-refractivity contribution < 1.29 is 24.0 Å². The number of benzene rings is 2. The summed E-state index contributed by atoms with van der Waals surface area (Å²) in [4.78, 5) is 29.5. The molecule has 1 atom stereocenters. The Kier molecular flexibility index (Phi) is 5.75. The van der Waals surface area contributed by atoms with Gasteiger partial charge in [0, 0.05) is 40.3 Å². The summed E-state index contributed by atoms with van der Waals surface area (Å²) >= 11 is 0. The first-order chi connectivity index (χ1) is 14.7. The van der Waals surface area contributed by atoms with Gasteiger partial charge in [0.1, 0.15) is 0 Å². The zero-order valence-corrected chi connectivity index (χ0v) is 17.9. The first-order valence-corrected chi connectivity index (χ1v) is 11.1. The molecule has 2 aromatic carbocycles. The molecule has 4 N–H and O–H groups in total. The van der Waals surface area contributed by atoms with Crippen molar-refractivity contribution in [3.63, 3.8) is 0 Å². The number of allylic oxidation sites excluding steroid dienone is 1. The summed E-state index contributed by atoms with van der Waals surface area (Å²) < 4.78 is 14.9. The molecule has 0 aliphatic heterocycles. The van der Waals surface area contributed by atoms with Crippen LogP contribution in [-0.4, -0.2) is 43.8 Å². The Morgan fingerprint density at radius 1 is 1.19 bits per heavy atom. The van der Waals surface area contributed by atoms with Gasteiger partial charge in [0.15, 0.2) is 0 Å². The minimum atomic E-state index is -4.60. The number of aryl methyl sites for hydroxylation is 2. The number of aromatic nitrogens is 2. The summed E-state index contributed by atoms with van der Waals surface area (Å²) in [5.74, 6) is 0. The van der Waals surface area contributed by atoms with Crippen molar-refractivity contribution in [2.45, 2.75) is 20.0 Å². The van der Waals surface area contributed by atoms with Crippen molar-refractivity contribution in [1.82, 2.24) is 9.97 Å². The number of nitrogens with zero attached hydrogens (tertiary/aromatic N) is 2. The molecule has 31 heavy (non-hydrogen) atoms. The van der Waals surface area contributed by atoms with Gasteiger partial charge >= 0.3 is 7.82 Å². The van der Waals surface area contributed by atoms with E-state index in [4.69, 9.17) is 9.79 Å². The van der Waals surface area contributed by atoms with E-state index >= 15 is 0 Å². The number of aliphatic imine (C=N–C) groups is 1. The average molecular weight is 439 g/mol. The molecule has 0 spiro atoms. The number of rotatable bonds is 6. The predicted octanol–water partition coefficient (Wildman–Crippen LogP) is 4.21. The Bertz CT molecular complexity index is 1390. The standard InChI is InChI=1S/C22H22N3O5P/c1-13-19-11-23-9-7-17(19)14(2)22-21(13)18-10-15(5-6-20(18)25-22)24-8-3-4-16(26)12-30-31(27,28)29/h3-11,16,25-26H,12H2,1-2H3,(H2,27,28,29)/b4-3-,24-8?. The molecule has 0 aliphatic rings. The molecular weight excluding hydrogens is 417 g/mol. The summed E-state index contributed by atoms with van der Waals surface area (Å²) in [6.07, 6.45) is 6.90. The highest BCUT2D eigenvalue weighted by Gasteiger charge is 2.15. The molecule has 0 saturated heterocycles. The first-order valence-electron chi connectivity index (χ1n) is 9.62. The molecule has 9 heteroatoms. The third-order valence-corrected chi connectivity index (χ3v) is 5.70. The number of aliphatic hydroxyl groups is 1. The van der Waals surface area contributed by atoms with Gasteiger partial charge in [-0.25, -0.2) is 4.57 Å². The maximum atomic E-state index is 10.7. The molecule has 4 aromatic rings. The third-order valence-electron chi connectivity index (χ3n) is 5.22. The summed E-state index contributed by atoms with van der Waals surface area (Å²) in [5.41, 5.74) is 5.18. The third kappa shape index (κ3) is 4.44. The number of fused-ring (bicyclic) bond motifs is 4. The number of aliphatic hydroxyl groups excluding tert-OH is 1. The Morgan fingerprint density at radius 2 is 2.00 bits per heavy atom. The average Bonchev–Trinajstić information content (AvgIpc) is 3.12. The van der Waals surface area contributed by atoms with E-state index < -0.39 is 20.5 Å². The molecule has 0 saturated carbocycles. The van der Waals surface area contributed by atoms with E-state index in [1.54, 1.807) is 6.20 Å². The van der Waals surface area contributed by atoms with Gasteiger partial charge in [-0.15, -0.1) is 0 Å². The molecule has 0 fully saturated rings. The van der Waals surface area contributed by atoms with Gasteiger partial charge in [-0.3, -0.25) is 14.5 Å². The summed E-state index contributed by atoms with van der Waals surface area (Å²) in [5, 5.41) is 14.2. The van der Waals surface area contributed by atoms with Crippen LogP contribution >= 0.6 is 7.82 Å². The second-order valence-electron chi connectivity index (χ2n) is 7.29. The molecule has 0 amide bonds. The Labute approximate surface area is 178 Å². The van der Waals surface area contributed by atoms with Gasteiger partial charge in [0.05, 0.1) is 23.9 Å². The molecule has 8 nitrogen and oxygen atoms in total. The topological polar surface area (TPSA) is 128 Å². The van der Waals surface area contributed by atoms with Crippen LogP contribution in [0.1, 0.15) is 11.1 Å².